The summed E-state index contributed by atoms with van der Waals surface area (Å²) >= 11 is 6.04. The molecular formula is C22H20ClN3O2. The minimum absolute atomic E-state index is 0.0707. The van der Waals surface area contributed by atoms with Gasteiger partial charge in [0.15, 0.2) is 0 Å². The molecule has 28 heavy (non-hydrogen) atoms. The van der Waals surface area contributed by atoms with Crippen molar-refractivity contribution in [1.82, 2.24) is 5.43 Å². The van der Waals surface area contributed by atoms with Gasteiger partial charge >= 0.3 is 0 Å². The number of nitrogens with zero attached hydrogens (tertiary/aromatic N) is 1. The van der Waals surface area contributed by atoms with E-state index in [4.69, 9.17) is 16.3 Å². The first kappa shape index (κ1) is 19.5. The Balaban J connectivity index is 1.47. The highest BCUT2D eigenvalue weighted by Crippen LogP contribution is 2.19. The van der Waals surface area contributed by atoms with E-state index in [1.54, 1.807) is 18.3 Å². The lowest BCUT2D eigenvalue weighted by atomic mass is 10.2. The molecule has 3 aromatic rings. The summed E-state index contributed by atoms with van der Waals surface area (Å²) in [5.41, 5.74) is 5.10. The number of benzene rings is 3. The van der Waals surface area contributed by atoms with Crippen LogP contribution in [-0.4, -0.2) is 18.7 Å². The third-order valence-corrected chi connectivity index (χ3v) is 4.15. The molecule has 0 aromatic heterocycles. The molecule has 3 aromatic carbocycles. The van der Waals surface area contributed by atoms with Crippen molar-refractivity contribution < 1.29 is 9.53 Å². The summed E-state index contributed by atoms with van der Waals surface area (Å²) in [5.74, 6) is 0.465. The van der Waals surface area contributed by atoms with Gasteiger partial charge in [0.2, 0.25) is 0 Å². The van der Waals surface area contributed by atoms with E-state index in [2.05, 4.69) is 15.8 Å². The highest BCUT2D eigenvalue weighted by Gasteiger charge is 2.02. The number of anilines is 1. The van der Waals surface area contributed by atoms with Gasteiger partial charge in [-0.05, 0) is 35.4 Å². The Morgan fingerprint density at radius 3 is 2.61 bits per heavy atom. The maximum atomic E-state index is 11.9. The Kier molecular flexibility index (Phi) is 7.04. The summed E-state index contributed by atoms with van der Waals surface area (Å²) in [7, 11) is 0. The highest BCUT2D eigenvalue weighted by molar-refractivity contribution is 6.33. The van der Waals surface area contributed by atoms with Crippen molar-refractivity contribution in [3.8, 4) is 5.75 Å². The maximum Gasteiger partial charge on any atom is 0.259 e. The molecule has 0 saturated carbocycles. The average Bonchev–Trinajstić information content (AvgIpc) is 2.73. The van der Waals surface area contributed by atoms with Gasteiger partial charge < -0.3 is 10.1 Å². The summed E-state index contributed by atoms with van der Waals surface area (Å²) in [6, 6.07) is 24.7. The quantitative estimate of drug-likeness (QED) is 0.438. The summed E-state index contributed by atoms with van der Waals surface area (Å²) in [6.45, 7) is 0.563. The summed E-state index contributed by atoms with van der Waals surface area (Å²) in [4.78, 5) is 11.9. The number of halogens is 1. The molecular weight excluding hydrogens is 374 g/mol. The van der Waals surface area contributed by atoms with Crippen LogP contribution in [0.25, 0.3) is 0 Å². The molecule has 142 valence electrons. The first-order chi connectivity index (χ1) is 13.7. The Bertz CT molecular complexity index is 945. The lowest BCUT2D eigenvalue weighted by Crippen LogP contribution is -2.25. The van der Waals surface area contributed by atoms with E-state index in [0.717, 1.165) is 16.9 Å². The number of rotatable bonds is 8. The minimum atomic E-state index is -0.271. The van der Waals surface area contributed by atoms with E-state index in [9.17, 15) is 4.79 Å². The second-order valence-corrected chi connectivity index (χ2v) is 6.38. The molecule has 3 rings (SSSR count). The standard InChI is InChI=1S/C22H20ClN3O2/c23-20-11-4-5-12-21(20)24-15-22(27)26-25-14-18-9-6-10-19(13-18)28-16-17-7-2-1-3-8-17/h1-14,24H,15-16H2,(H,26,27)/b25-14+. The fourth-order valence-electron chi connectivity index (χ4n) is 2.42. The zero-order valence-electron chi connectivity index (χ0n) is 15.1. The van der Waals surface area contributed by atoms with Gasteiger partial charge in [-0.25, -0.2) is 5.43 Å². The molecule has 0 atom stereocenters. The molecule has 0 bridgehead atoms. The van der Waals surface area contributed by atoms with Gasteiger partial charge in [-0.2, -0.15) is 5.10 Å². The number of amides is 1. The zero-order valence-corrected chi connectivity index (χ0v) is 15.9. The van der Waals surface area contributed by atoms with Crippen LogP contribution in [0.2, 0.25) is 5.02 Å². The molecule has 0 radical (unpaired) electrons. The van der Waals surface area contributed by atoms with Gasteiger partial charge in [0.25, 0.3) is 5.91 Å². The smallest absolute Gasteiger partial charge is 0.259 e. The van der Waals surface area contributed by atoms with Crippen molar-refractivity contribution in [2.45, 2.75) is 6.61 Å². The van der Waals surface area contributed by atoms with Crippen LogP contribution in [0, 0.1) is 0 Å². The number of hydrogen-bond donors (Lipinski definition) is 2. The molecule has 1 amide bonds. The van der Waals surface area contributed by atoms with E-state index >= 15 is 0 Å². The monoisotopic (exact) mass is 393 g/mol. The fourth-order valence-corrected chi connectivity index (χ4v) is 2.63. The molecule has 6 heteroatoms. The van der Waals surface area contributed by atoms with Gasteiger partial charge in [0.05, 0.1) is 23.5 Å². The van der Waals surface area contributed by atoms with E-state index in [1.807, 2.05) is 66.7 Å². The van der Waals surface area contributed by atoms with Gasteiger partial charge in [-0.1, -0.05) is 66.2 Å². The minimum Gasteiger partial charge on any atom is -0.489 e. The Hall–Kier alpha value is -3.31. The van der Waals surface area contributed by atoms with Crippen molar-refractivity contribution in [1.29, 1.82) is 0 Å². The highest BCUT2D eigenvalue weighted by atomic mass is 35.5. The fraction of sp³-hybridized carbons (Fsp3) is 0.0909. The van der Waals surface area contributed by atoms with Gasteiger partial charge in [-0.15, -0.1) is 0 Å². The van der Waals surface area contributed by atoms with Crippen LogP contribution in [-0.2, 0) is 11.4 Å². The maximum absolute atomic E-state index is 11.9. The van der Waals surface area contributed by atoms with Crippen molar-refractivity contribution in [3.63, 3.8) is 0 Å². The Labute approximate surface area is 169 Å². The third-order valence-electron chi connectivity index (χ3n) is 3.82. The second-order valence-electron chi connectivity index (χ2n) is 5.97. The molecule has 0 saturated heterocycles. The molecule has 5 nitrogen and oxygen atoms in total. The summed E-state index contributed by atoms with van der Waals surface area (Å²) in [5, 5.41) is 7.51. The molecule has 2 N–H and O–H groups in total. The number of hydrazone groups is 1. The molecule has 0 heterocycles. The predicted molar refractivity (Wildman–Crippen MR) is 113 cm³/mol. The number of hydrogen-bond acceptors (Lipinski definition) is 4. The number of carbonyl (C=O) groups is 1. The lowest BCUT2D eigenvalue weighted by Gasteiger charge is -2.07. The van der Waals surface area contributed by atoms with E-state index in [1.165, 1.54) is 0 Å². The van der Waals surface area contributed by atoms with Crippen LogP contribution < -0.4 is 15.5 Å². The molecule has 0 aliphatic rings. The van der Waals surface area contributed by atoms with Crippen molar-refractivity contribution in [3.05, 3.63) is 95.0 Å². The van der Waals surface area contributed by atoms with Crippen LogP contribution >= 0.6 is 11.6 Å². The largest absolute Gasteiger partial charge is 0.489 e. The molecule has 0 fully saturated rings. The van der Waals surface area contributed by atoms with Crippen LogP contribution in [0.3, 0.4) is 0 Å². The van der Waals surface area contributed by atoms with Crippen molar-refractivity contribution in [2.75, 3.05) is 11.9 Å². The van der Waals surface area contributed by atoms with E-state index < -0.39 is 0 Å². The van der Waals surface area contributed by atoms with Crippen LogP contribution in [0.5, 0.6) is 5.75 Å². The van der Waals surface area contributed by atoms with Crippen molar-refractivity contribution >= 4 is 29.4 Å². The van der Waals surface area contributed by atoms with Gasteiger partial charge in [0.1, 0.15) is 12.4 Å². The first-order valence-electron chi connectivity index (χ1n) is 8.78. The van der Waals surface area contributed by atoms with E-state index in [-0.39, 0.29) is 12.5 Å². The average molecular weight is 394 g/mol. The van der Waals surface area contributed by atoms with E-state index in [0.29, 0.717) is 17.3 Å². The topological polar surface area (TPSA) is 62.7 Å². The Morgan fingerprint density at radius 2 is 1.79 bits per heavy atom. The SMILES string of the molecule is O=C(CNc1ccccc1Cl)N/N=C/c1cccc(OCc2ccccc2)c1. The number of para-hydroxylation sites is 1. The first-order valence-corrected chi connectivity index (χ1v) is 9.15. The van der Waals surface area contributed by atoms with Gasteiger partial charge in [-0.3, -0.25) is 4.79 Å². The molecule has 0 spiro atoms. The van der Waals surface area contributed by atoms with Crippen LogP contribution in [0.15, 0.2) is 84.0 Å². The predicted octanol–water partition coefficient (Wildman–Crippen LogP) is 4.48. The normalized spacial score (nSPS) is 10.6. The van der Waals surface area contributed by atoms with Crippen molar-refractivity contribution in [2.24, 2.45) is 5.10 Å². The number of nitrogens with one attached hydrogen (secondary N) is 2. The second kappa shape index (κ2) is 10.1. The summed E-state index contributed by atoms with van der Waals surface area (Å²) < 4.78 is 5.79. The van der Waals surface area contributed by atoms with Gasteiger partial charge in [0, 0.05) is 0 Å². The number of ether oxygens (including phenoxy) is 1. The lowest BCUT2D eigenvalue weighted by molar-refractivity contribution is -0.119. The Morgan fingerprint density at radius 1 is 1.00 bits per heavy atom. The number of carbonyl (C=O) groups excluding carboxylic acids is 1. The molecule has 0 aliphatic carbocycles. The van der Waals surface area contributed by atoms with Crippen LogP contribution in [0.4, 0.5) is 5.69 Å². The summed E-state index contributed by atoms with van der Waals surface area (Å²) in [6.07, 6.45) is 1.57. The molecule has 0 unspecified atom stereocenters. The molecule has 0 aliphatic heterocycles. The zero-order chi connectivity index (χ0) is 19.6. The third kappa shape index (κ3) is 6.14. The van der Waals surface area contributed by atoms with Crippen LogP contribution in [0.1, 0.15) is 11.1 Å².